The lowest BCUT2D eigenvalue weighted by atomic mass is 10.1. The fourth-order valence-electron chi connectivity index (χ4n) is 2.89. The van der Waals surface area contributed by atoms with Crippen molar-refractivity contribution in [3.63, 3.8) is 0 Å². The zero-order valence-corrected chi connectivity index (χ0v) is 13.6. The van der Waals surface area contributed by atoms with Gasteiger partial charge in [-0.1, -0.05) is 31.8 Å². The number of amides is 1. The summed E-state index contributed by atoms with van der Waals surface area (Å²) in [6, 6.07) is 3.46. The van der Waals surface area contributed by atoms with E-state index >= 15 is 0 Å². The highest BCUT2D eigenvalue weighted by molar-refractivity contribution is 5.94. The van der Waals surface area contributed by atoms with Crippen LogP contribution in [0.25, 0.3) is 0 Å². The van der Waals surface area contributed by atoms with Crippen molar-refractivity contribution in [3.05, 3.63) is 41.8 Å². The van der Waals surface area contributed by atoms with Gasteiger partial charge in [0.1, 0.15) is 0 Å². The Labute approximate surface area is 135 Å². The summed E-state index contributed by atoms with van der Waals surface area (Å²) in [6.07, 6.45) is 7.32. The van der Waals surface area contributed by atoms with E-state index in [2.05, 4.69) is 15.1 Å². The molecule has 23 heavy (non-hydrogen) atoms. The van der Waals surface area contributed by atoms with Crippen molar-refractivity contribution < 1.29 is 9.32 Å². The zero-order valence-electron chi connectivity index (χ0n) is 13.6. The summed E-state index contributed by atoms with van der Waals surface area (Å²) in [4.78, 5) is 23.3. The Morgan fingerprint density at radius 1 is 1.35 bits per heavy atom. The molecule has 1 fully saturated rings. The van der Waals surface area contributed by atoms with Crippen LogP contribution >= 0.6 is 0 Å². The molecule has 0 bridgehead atoms. The molecule has 1 saturated heterocycles. The maximum atomic E-state index is 12.9. The first-order chi connectivity index (χ1) is 11.2. The van der Waals surface area contributed by atoms with E-state index < -0.39 is 0 Å². The maximum absolute atomic E-state index is 12.9. The number of hydrogen-bond acceptors (Lipinski definition) is 5. The van der Waals surface area contributed by atoms with Crippen LogP contribution < -0.4 is 0 Å². The Morgan fingerprint density at radius 2 is 2.22 bits per heavy atom. The Bertz CT molecular complexity index is 654. The molecular formula is C17H22N4O2. The van der Waals surface area contributed by atoms with Crippen molar-refractivity contribution in [1.29, 1.82) is 0 Å². The largest absolute Gasteiger partial charge is 0.339 e. The maximum Gasteiger partial charge on any atom is 0.256 e. The van der Waals surface area contributed by atoms with Crippen LogP contribution in [0.3, 0.4) is 0 Å². The highest BCUT2D eigenvalue weighted by Crippen LogP contribution is 2.30. The number of aromatic nitrogens is 3. The fraction of sp³-hybridized carbons (Fsp3) is 0.529. The molecule has 122 valence electrons. The van der Waals surface area contributed by atoms with E-state index in [0.717, 1.165) is 25.7 Å². The van der Waals surface area contributed by atoms with Crippen LogP contribution in [0, 0.1) is 0 Å². The predicted octanol–water partition coefficient (Wildman–Crippen LogP) is 3.35. The van der Waals surface area contributed by atoms with Crippen LogP contribution in [0.2, 0.25) is 0 Å². The number of likely N-dealkylation sites (tertiary alicyclic amines) is 1. The quantitative estimate of drug-likeness (QED) is 0.868. The van der Waals surface area contributed by atoms with E-state index in [1.165, 1.54) is 0 Å². The molecule has 0 unspecified atom stereocenters. The predicted molar refractivity (Wildman–Crippen MR) is 84.9 cm³/mol. The van der Waals surface area contributed by atoms with Crippen molar-refractivity contribution in [3.8, 4) is 0 Å². The summed E-state index contributed by atoms with van der Waals surface area (Å²) in [6.45, 7) is 4.75. The average molecular weight is 314 g/mol. The monoisotopic (exact) mass is 314 g/mol. The molecule has 0 radical (unpaired) electrons. The van der Waals surface area contributed by atoms with Gasteiger partial charge in [-0.15, -0.1) is 0 Å². The van der Waals surface area contributed by atoms with Crippen LogP contribution in [-0.4, -0.2) is 32.5 Å². The Morgan fingerprint density at radius 3 is 2.91 bits per heavy atom. The van der Waals surface area contributed by atoms with Crippen molar-refractivity contribution >= 4 is 5.91 Å². The van der Waals surface area contributed by atoms with Crippen LogP contribution in [-0.2, 0) is 0 Å². The van der Waals surface area contributed by atoms with E-state index in [1.54, 1.807) is 24.5 Å². The van der Waals surface area contributed by atoms with Crippen molar-refractivity contribution in [2.24, 2.45) is 0 Å². The third-order valence-corrected chi connectivity index (χ3v) is 4.17. The van der Waals surface area contributed by atoms with Crippen LogP contribution in [0.1, 0.15) is 73.6 Å². The molecule has 3 heterocycles. The molecule has 2 aromatic heterocycles. The highest BCUT2D eigenvalue weighted by Gasteiger charge is 2.31. The molecule has 2 aromatic rings. The second kappa shape index (κ2) is 6.89. The number of nitrogens with zero attached hydrogens (tertiary/aromatic N) is 4. The third-order valence-electron chi connectivity index (χ3n) is 4.17. The minimum Gasteiger partial charge on any atom is -0.339 e. The van der Waals surface area contributed by atoms with Crippen LogP contribution in [0.15, 0.2) is 29.0 Å². The van der Waals surface area contributed by atoms with Gasteiger partial charge in [0.2, 0.25) is 5.89 Å². The molecule has 0 aromatic carbocycles. The summed E-state index contributed by atoms with van der Waals surface area (Å²) >= 11 is 0. The lowest BCUT2D eigenvalue weighted by Gasteiger charge is -2.27. The van der Waals surface area contributed by atoms with E-state index in [1.807, 2.05) is 18.7 Å². The lowest BCUT2D eigenvalue weighted by Crippen LogP contribution is -2.35. The standard InChI is InChI=1S/C17H22N4O2/c1-12(2)16-19-15(20-23-16)14-8-4-3-5-10-21(14)17(22)13-7-6-9-18-11-13/h6-7,9,11-12,14H,3-5,8,10H2,1-2H3/t14-/m1/s1. The Kier molecular flexibility index (Phi) is 4.69. The van der Waals surface area contributed by atoms with Gasteiger partial charge in [-0.25, -0.2) is 0 Å². The minimum atomic E-state index is -0.124. The molecule has 6 nitrogen and oxygen atoms in total. The third kappa shape index (κ3) is 3.41. The van der Waals surface area contributed by atoms with Gasteiger partial charge in [-0.05, 0) is 25.0 Å². The number of carbonyl (C=O) groups excluding carboxylic acids is 1. The number of hydrogen-bond donors (Lipinski definition) is 0. The summed E-state index contributed by atoms with van der Waals surface area (Å²) in [5.74, 6) is 1.41. The summed E-state index contributed by atoms with van der Waals surface area (Å²) in [5, 5.41) is 4.13. The fourth-order valence-corrected chi connectivity index (χ4v) is 2.89. The molecule has 1 aliphatic heterocycles. The molecule has 1 amide bonds. The van der Waals surface area contributed by atoms with Gasteiger partial charge in [0.15, 0.2) is 5.82 Å². The molecule has 0 N–H and O–H groups in total. The molecule has 6 heteroatoms. The molecule has 0 saturated carbocycles. The van der Waals surface area contributed by atoms with E-state index in [9.17, 15) is 4.79 Å². The smallest absolute Gasteiger partial charge is 0.256 e. The summed E-state index contributed by atoms with van der Waals surface area (Å²) in [7, 11) is 0. The summed E-state index contributed by atoms with van der Waals surface area (Å²) < 4.78 is 5.34. The van der Waals surface area contributed by atoms with Gasteiger partial charge >= 0.3 is 0 Å². The lowest BCUT2D eigenvalue weighted by molar-refractivity contribution is 0.0670. The van der Waals surface area contributed by atoms with E-state index in [-0.39, 0.29) is 17.9 Å². The van der Waals surface area contributed by atoms with Crippen molar-refractivity contribution in [2.45, 2.75) is 51.5 Å². The molecule has 3 rings (SSSR count). The molecule has 0 aliphatic carbocycles. The van der Waals surface area contributed by atoms with Crippen molar-refractivity contribution in [1.82, 2.24) is 20.0 Å². The van der Waals surface area contributed by atoms with Gasteiger partial charge in [-0.2, -0.15) is 4.98 Å². The van der Waals surface area contributed by atoms with Gasteiger partial charge in [-0.3, -0.25) is 9.78 Å². The topological polar surface area (TPSA) is 72.1 Å². The Hall–Kier alpha value is -2.24. The van der Waals surface area contributed by atoms with Crippen LogP contribution in [0.4, 0.5) is 0 Å². The highest BCUT2D eigenvalue weighted by atomic mass is 16.5. The first-order valence-corrected chi connectivity index (χ1v) is 8.21. The first kappa shape index (κ1) is 15.6. The number of rotatable bonds is 3. The molecular weight excluding hydrogens is 292 g/mol. The van der Waals surface area contributed by atoms with E-state index in [4.69, 9.17) is 4.52 Å². The van der Waals surface area contributed by atoms with Crippen molar-refractivity contribution in [2.75, 3.05) is 6.54 Å². The Balaban J connectivity index is 1.89. The average Bonchev–Trinajstić information content (AvgIpc) is 2.94. The number of pyridine rings is 1. The second-order valence-electron chi connectivity index (χ2n) is 6.25. The second-order valence-corrected chi connectivity index (χ2v) is 6.25. The molecule has 1 aliphatic rings. The zero-order chi connectivity index (χ0) is 16.2. The van der Waals surface area contributed by atoms with Gasteiger partial charge in [0.05, 0.1) is 11.6 Å². The van der Waals surface area contributed by atoms with Crippen LogP contribution in [0.5, 0.6) is 0 Å². The number of carbonyl (C=O) groups is 1. The van der Waals surface area contributed by atoms with Gasteiger partial charge < -0.3 is 9.42 Å². The minimum absolute atomic E-state index is 0.0131. The summed E-state index contributed by atoms with van der Waals surface area (Å²) in [5.41, 5.74) is 0.604. The van der Waals surface area contributed by atoms with Gasteiger partial charge in [0.25, 0.3) is 5.91 Å². The normalized spacial score (nSPS) is 18.9. The van der Waals surface area contributed by atoms with Gasteiger partial charge in [0, 0.05) is 24.9 Å². The molecule has 1 atom stereocenters. The van der Waals surface area contributed by atoms with E-state index in [0.29, 0.717) is 23.8 Å². The first-order valence-electron chi connectivity index (χ1n) is 8.21. The molecule has 0 spiro atoms. The SMILES string of the molecule is CC(C)c1nc([C@H]2CCCCCN2C(=O)c2cccnc2)no1.